The van der Waals surface area contributed by atoms with Gasteiger partial charge in [0.15, 0.2) is 0 Å². The number of carbonyl (C=O) groups is 1. The standard InChI is InChI=1S/C22H18N2O2S/c25-21(23-12-11-18-6-3-13-27-18)19-9-10-20(24-22(19)26)17-8-7-15-4-1-2-5-16(15)14-17/h1-10,13-14H,11-12H2,(H,23,25)(H,24,26). The summed E-state index contributed by atoms with van der Waals surface area (Å²) in [5, 5.41) is 7.06. The molecule has 2 aromatic heterocycles. The van der Waals surface area contributed by atoms with Gasteiger partial charge >= 0.3 is 0 Å². The van der Waals surface area contributed by atoms with Gasteiger partial charge in [0.2, 0.25) is 0 Å². The smallest absolute Gasteiger partial charge is 0.261 e. The number of rotatable bonds is 5. The van der Waals surface area contributed by atoms with Gasteiger partial charge in [-0.1, -0.05) is 42.5 Å². The lowest BCUT2D eigenvalue weighted by Gasteiger charge is -2.07. The first-order chi connectivity index (χ1) is 13.2. The van der Waals surface area contributed by atoms with E-state index in [-0.39, 0.29) is 17.0 Å². The summed E-state index contributed by atoms with van der Waals surface area (Å²) >= 11 is 1.65. The topological polar surface area (TPSA) is 62.0 Å². The Balaban J connectivity index is 1.51. The molecule has 4 aromatic rings. The number of carbonyl (C=O) groups excluding carboxylic acids is 1. The Morgan fingerprint density at radius 2 is 1.81 bits per heavy atom. The van der Waals surface area contributed by atoms with Crippen molar-refractivity contribution in [1.29, 1.82) is 0 Å². The zero-order chi connectivity index (χ0) is 18.6. The molecular weight excluding hydrogens is 356 g/mol. The number of fused-ring (bicyclic) bond motifs is 1. The third-order valence-electron chi connectivity index (χ3n) is 4.45. The fourth-order valence-corrected chi connectivity index (χ4v) is 3.74. The summed E-state index contributed by atoms with van der Waals surface area (Å²) in [6.07, 6.45) is 0.760. The molecule has 0 bridgehead atoms. The molecule has 0 unspecified atom stereocenters. The highest BCUT2D eigenvalue weighted by molar-refractivity contribution is 7.09. The summed E-state index contributed by atoms with van der Waals surface area (Å²) in [6.45, 7) is 0.505. The summed E-state index contributed by atoms with van der Waals surface area (Å²) < 4.78 is 0. The lowest BCUT2D eigenvalue weighted by molar-refractivity contribution is 0.0952. The Kier molecular flexibility index (Phi) is 4.85. The van der Waals surface area contributed by atoms with Crippen LogP contribution in [0.1, 0.15) is 15.2 Å². The Labute approximate surface area is 160 Å². The molecule has 134 valence electrons. The number of hydrogen-bond acceptors (Lipinski definition) is 3. The van der Waals surface area contributed by atoms with Gasteiger partial charge in [0.05, 0.1) is 0 Å². The van der Waals surface area contributed by atoms with Crippen LogP contribution in [0.5, 0.6) is 0 Å². The molecule has 0 spiro atoms. The van der Waals surface area contributed by atoms with E-state index >= 15 is 0 Å². The Hall–Kier alpha value is -3.18. The summed E-state index contributed by atoms with van der Waals surface area (Å²) in [5.74, 6) is -0.349. The summed E-state index contributed by atoms with van der Waals surface area (Å²) in [4.78, 5) is 28.7. The number of hydrogen-bond donors (Lipinski definition) is 2. The first-order valence-corrected chi connectivity index (χ1v) is 9.62. The van der Waals surface area contributed by atoms with Crippen LogP contribution in [0.2, 0.25) is 0 Å². The van der Waals surface area contributed by atoms with E-state index in [2.05, 4.69) is 10.3 Å². The molecule has 0 aliphatic rings. The molecule has 0 aliphatic heterocycles. The second-order valence-electron chi connectivity index (χ2n) is 6.26. The van der Waals surface area contributed by atoms with Crippen LogP contribution >= 0.6 is 11.3 Å². The van der Waals surface area contributed by atoms with E-state index in [1.165, 1.54) is 4.88 Å². The molecule has 1 amide bonds. The lowest BCUT2D eigenvalue weighted by Crippen LogP contribution is -2.30. The second kappa shape index (κ2) is 7.60. The third-order valence-corrected chi connectivity index (χ3v) is 5.39. The maximum Gasteiger partial charge on any atom is 0.261 e. The SMILES string of the molecule is O=C(NCCc1cccs1)c1ccc(-c2ccc3ccccc3c2)[nH]c1=O. The van der Waals surface area contributed by atoms with Crippen LogP contribution in [-0.4, -0.2) is 17.4 Å². The van der Waals surface area contributed by atoms with Crippen LogP contribution in [-0.2, 0) is 6.42 Å². The van der Waals surface area contributed by atoms with Gasteiger partial charge in [0.1, 0.15) is 5.56 Å². The fourth-order valence-electron chi connectivity index (χ4n) is 3.03. The zero-order valence-corrected chi connectivity index (χ0v) is 15.4. The average molecular weight is 374 g/mol. The number of thiophene rings is 1. The lowest BCUT2D eigenvalue weighted by atomic mass is 10.0. The van der Waals surface area contributed by atoms with E-state index in [1.54, 1.807) is 23.5 Å². The largest absolute Gasteiger partial charge is 0.352 e. The van der Waals surface area contributed by atoms with Gasteiger partial charge in [-0.3, -0.25) is 9.59 Å². The zero-order valence-electron chi connectivity index (χ0n) is 14.6. The maximum atomic E-state index is 12.4. The molecular formula is C22H18N2O2S. The minimum atomic E-state index is -0.380. The van der Waals surface area contributed by atoms with Crippen LogP contribution in [0, 0.1) is 0 Å². The Bertz CT molecular complexity index is 1150. The molecule has 0 saturated carbocycles. The van der Waals surface area contributed by atoms with Gasteiger partial charge in [-0.2, -0.15) is 0 Å². The van der Waals surface area contributed by atoms with Crippen molar-refractivity contribution in [3.8, 4) is 11.3 Å². The molecule has 4 rings (SSSR count). The van der Waals surface area contributed by atoms with Crippen LogP contribution < -0.4 is 10.9 Å². The molecule has 2 N–H and O–H groups in total. The van der Waals surface area contributed by atoms with E-state index in [0.717, 1.165) is 22.8 Å². The van der Waals surface area contributed by atoms with E-state index in [0.29, 0.717) is 12.2 Å². The van der Waals surface area contributed by atoms with Crippen molar-refractivity contribution in [2.24, 2.45) is 0 Å². The second-order valence-corrected chi connectivity index (χ2v) is 7.29. The normalized spacial score (nSPS) is 10.8. The molecule has 0 aliphatic carbocycles. The molecule has 0 saturated heterocycles. The van der Waals surface area contributed by atoms with Crippen molar-refractivity contribution in [3.63, 3.8) is 0 Å². The summed E-state index contributed by atoms with van der Waals surface area (Å²) in [7, 11) is 0. The predicted molar refractivity (Wildman–Crippen MR) is 110 cm³/mol. The van der Waals surface area contributed by atoms with Crippen molar-refractivity contribution in [3.05, 3.63) is 92.9 Å². The molecule has 2 heterocycles. The number of H-pyrrole nitrogens is 1. The molecule has 4 nitrogen and oxygen atoms in total. The molecule has 0 radical (unpaired) electrons. The number of pyridine rings is 1. The van der Waals surface area contributed by atoms with Crippen LogP contribution in [0.3, 0.4) is 0 Å². The van der Waals surface area contributed by atoms with Gasteiger partial charge in [-0.05, 0) is 52.4 Å². The predicted octanol–water partition coefficient (Wildman–Crippen LogP) is 4.23. The quantitative estimate of drug-likeness (QED) is 0.549. The van der Waals surface area contributed by atoms with E-state index < -0.39 is 0 Å². The number of amides is 1. The van der Waals surface area contributed by atoms with Crippen LogP contribution in [0.4, 0.5) is 0 Å². The van der Waals surface area contributed by atoms with E-state index in [1.807, 2.05) is 60.0 Å². The number of aromatic amines is 1. The minimum Gasteiger partial charge on any atom is -0.352 e. The monoisotopic (exact) mass is 374 g/mol. The van der Waals surface area contributed by atoms with Crippen molar-refractivity contribution >= 4 is 28.0 Å². The summed E-state index contributed by atoms with van der Waals surface area (Å²) in [5.41, 5.74) is 1.36. The van der Waals surface area contributed by atoms with Gasteiger partial charge in [0.25, 0.3) is 11.5 Å². The van der Waals surface area contributed by atoms with Gasteiger partial charge in [-0.25, -0.2) is 0 Å². The fraction of sp³-hybridized carbons (Fsp3) is 0.0909. The third kappa shape index (κ3) is 3.83. The van der Waals surface area contributed by atoms with Gasteiger partial charge in [-0.15, -0.1) is 11.3 Å². The Morgan fingerprint density at radius 1 is 0.963 bits per heavy atom. The van der Waals surface area contributed by atoms with Gasteiger partial charge in [0, 0.05) is 17.1 Å². The van der Waals surface area contributed by atoms with Crippen molar-refractivity contribution < 1.29 is 4.79 Å². The van der Waals surface area contributed by atoms with Crippen molar-refractivity contribution in [2.75, 3.05) is 6.54 Å². The van der Waals surface area contributed by atoms with Gasteiger partial charge < -0.3 is 10.3 Å². The molecule has 2 aromatic carbocycles. The van der Waals surface area contributed by atoms with Crippen molar-refractivity contribution in [2.45, 2.75) is 6.42 Å². The average Bonchev–Trinajstić information content (AvgIpc) is 3.21. The number of nitrogens with one attached hydrogen (secondary N) is 2. The number of aromatic nitrogens is 1. The number of benzene rings is 2. The summed E-state index contributed by atoms with van der Waals surface area (Å²) in [6, 6.07) is 21.5. The van der Waals surface area contributed by atoms with Crippen molar-refractivity contribution in [1.82, 2.24) is 10.3 Å². The molecule has 5 heteroatoms. The van der Waals surface area contributed by atoms with Crippen LogP contribution in [0.15, 0.2) is 76.9 Å². The van der Waals surface area contributed by atoms with Crippen LogP contribution in [0.25, 0.3) is 22.0 Å². The van der Waals surface area contributed by atoms with E-state index in [4.69, 9.17) is 0 Å². The van der Waals surface area contributed by atoms with E-state index in [9.17, 15) is 9.59 Å². The molecule has 0 atom stereocenters. The Morgan fingerprint density at radius 3 is 2.59 bits per heavy atom. The maximum absolute atomic E-state index is 12.4. The first-order valence-electron chi connectivity index (χ1n) is 8.74. The molecule has 27 heavy (non-hydrogen) atoms. The highest BCUT2D eigenvalue weighted by Crippen LogP contribution is 2.22. The highest BCUT2D eigenvalue weighted by atomic mass is 32.1. The first kappa shape index (κ1) is 17.2. The minimum absolute atomic E-state index is 0.130. The molecule has 0 fully saturated rings. The highest BCUT2D eigenvalue weighted by Gasteiger charge is 2.11.